The van der Waals surface area contributed by atoms with Gasteiger partial charge >= 0.3 is 0 Å². The minimum atomic E-state index is 0.0346. The van der Waals surface area contributed by atoms with Gasteiger partial charge in [0, 0.05) is 50.3 Å². The summed E-state index contributed by atoms with van der Waals surface area (Å²) < 4.78 is 1.85. The molecular weight excluding hydrogens is 264 g/mol. The molecule has 0 aromatic carbocycles. The summed E-state index contributed by atoms with van der Waals surface area (Å²) in [6, 6.07) is 0. The molecule has 120 valence electrons. The van der Waals surface area contributed by atoms with Crippen molar-refractivity contribution in [1.82, 2.24) is 20.4 Å². The summed E-state index contributed by atoms with van der Waals surface area (Å²) in [6.07, 6.45) is 2.56. The summed E-state index contributed by atoms with van der Waals surface area (Å²) in [5, 5.41) is 10.8. The van der Waals surface area contributed by atoms with Gasteiger partial charge in [-0.05, 0) is 5.92 Å². The minimum absolute atomic E-state index is 0.0346. The van der Waals surface area contributed by atoms with Crippen LogP contribution >= 0.6 is 0 Å². The van der Waals surface area contributed by atoms with Crippen LogP contribution in [-0.2, 0) is 23.8 Å². The maximum Gasteiger partial charge on any atom is 0.221 e. The van der Waals surface area contributed by atoms with E-state index in [1.165, 1.54) is 5.56 Å². The van der Waals surface area contributed by atoms with Crippen molar-refractivity contribution in [2.45, 2.75) is 53.0 Å². The number of nitrogens with zero attached hydrogens (tertiary/aromatic N) is 2. The molecule has 0 spiro atoms. The van der Waals surface area contributed by atoms with Gasteiger partial charge in [0.15, 0.2) is 0 Å². The van der Waals surface area contributed by atoms with E-state index in [0.29, 0.717) is 18.9 Å². The van der Waals surface area contributed by atoms with Gasteiger partial charge in [0.1, 0.15) is 0 Å². The van der Waals surface area contributed by atoms with Gasteiger partial charge in [-0.25, -0.2) is 0 Å². The number of hydrogen-bond donors (Lipinski definition) is 2. The van der Waals surface area contributed by atoms with Crippen molar-refractivity contribution < 1.29 is 4.79 Å². The molecule has 0 saturated carbocycles. The van der Waals surface area contributed by atoms with E-state index in [0.717, 1.165) is 18.8 Å². The molecule has 1 aromatic heterocycles. The quantitative estimate of drug-likeness (QED) is 0.756. The molecule has 21 heavy (non-hydrogen) atoms. The standard InChI is InChI=1S/C16H30N4O/c1-12(2)9-18-14(21)7-8-17-10-13-11-20(6)19-15(13)16(3,4)5/h11-12,17H,7-10H2,1-6H3,(H,18,21). The molecule has 0 atom stereocenters. The lowest BCUT2D eigenvalue weighted by atomic mass is 9.89. The molecule has 0 aliphatic rings. The largest absolute Gasteiger partial charge is 0.356 e. The van der Waals surface area contributed by atoms with Crippen LogP contribution < -0.4 is 10.6 Å². The number of hydrogen-bond acceptors (Lipinski definition) is 3. The van der Waals surface area contributed by atoms with E-state index in [9.17, 15) is 4.79 Å². The molecule has 0 fully saturated rings. The topological polar surface area (TPSA) is 59.0 Å². The maximum absolute atomic E-state index is 11.6. The predicted octanol–water partition coefficient (Wildman–Crippen LogP) is 1.97. The third-order valence-electron chi connectivity index (χ3n) is 3.17. The molecule has 0 aliphatic carbocycles. The molecule has 0 aliphatic heterocycles. The second kappa shape index (κ2) is 7.59. The first kappa shape index (κ1) is 17.7. The van der Waals surface area contributed by atoms with E-state index in [-0.39, 0.29) is 11.3 Å². The smallest absolute Gasteiger partial charge is 0.221 e. The van der Waals surface area contributed by atoms with Gasteiger partial charge in [0.05, 0.1) is 5.69 Å². The molecule has 0 unspecified atom stereocenters. The first-order valence-corrected chi connectivity index (χ1v) is 7.70. The third kappa shape index (κ3) is 6.29. The highest BCUT2D eigenvalue weighted by molar-refractivity contribution is 5.76. The molecule has 1 amide bonds. The van der Waals surface area contributed by atoms with Crippen LogP contribution in [0.2, 0.25) is 0 Å². The fraction of sp³-hybridized carbons (Fsp3) is 0.750. The van der Waals surface area contributed by atoms with E-state index in [2.05, 4.69) is 50.4 Å². The van der Waals surface area contributed by atoms with Gasteiger partial charge < -0.3 is 10.6 Å². The Balaban J connectivity index is 2.38. The van der Waals surface area contributed by atoms with Gasteiger partial charge in [0.25, 0.3) is 0 Å². The molecule has 2 N–H and O–H groups in total. The molecule has 1 heterocycles. The van der Waals surface area contributed by atoms with Crippen molar-refractivity contribution in [3.05, 3.63) is 17.5 Å². The fourth-order valence-electron chi connectivity index (χ4n) is 2.13. The number of aromatic nitrogens is 2. The zero-order valence-electron chi connectivity index (χ0n) is 14.3. The molecule has 5 nitrogen and oxygen atoms in total. The highest BCUT2D eigenvalue weighted by Gasteiger charge is 2.21. The second-order valence-electron chi connectivity index (χ2n) is 7.05. The fourth-order valence-corrected chi connectivity index (χ4v) is 2.13. The maximum atomic E-state index is 11.6. The molecule has 0 saturated heterocycles. The summed E-state index contributed by atoms with van der Waals surface area (Å²) in [4.78, 5) is 11.6. The average Bonchev–Trinajstić information content (AvgIpc) is 2.73. The lowest BCUT2D eigenvalue weighted by Crippen LogP contribution is -2.30. The normalized spacial score (nSPS) is 12.0. The van der Waals surface area contributed by atoms with Crippen LogP contribution in [0.3, 0.4) is 0 Å². The predicted molar refractivity (Wildman–Crippen MR) is 86.1 cm³/mol. The molecular formula is C16H30N4O. The number of aryl methyl sites for hydroxylation is 1. The number of nitrogens with one attached hydrogen (secondary N) is 2. The molecule has 0 radical (unpaired) electrons. The summed E-state index contributed by atoms with van der Waals surface area (Å²) in [7, 11) is 1.94. The monoisotopic (exact) mass is 294 g/mol. The lowest BCUT2D eigenvalue weighted by Gasteiger charge is -2.17. The Bertz CT molecular complexity index is 457. The summed E-state index contributed by atoms with van der Waals surface area (Å²) in [6.45, 7) is 12.9. The summed E-state index contributed by atoms with van der Waals surface area (Å²) in [5.74, 6) is 0.602. The molecule has 1 rings (SSSR count). The number of amides is 1. The summed E-state index contributed by atoms with van der Waals surface area (Å²) >= 11 is 0. The van der Waals surface area contributed by atoms with Crippen molar-refractivity contribution in [2.75, 3.05) is 13.1 Å². The lowest BCUT2D eigenvalue weighted by molar-refractivity contribution is -0.121. The molecule has 5 heteroatoms. The minimum Gasteiger partial charge on any atom is -0.356 e. The third-order valence-corrected chi connectivity index (χ3v) is 3.17. The van der Waals surface area contributed by atoms with Crippen molar-refractivity contribution in [1.29, 1.82) is 0 Å². The Labute approximate surface area is 128 Å². The van der Waals surface area contributed by atoms with Crippen LogP contribution in [0.4, 0.5) is 0 Å². The number of carbonyl (C=O) groups is 1. The van der Waals surface area contributed by atoms with E-state index in [4.69, 9.17) is 0 Å². The van der Waals surface area contributed by atoms with Gasteiger partial charge in [-0.3, -0.25) is 9.48 Å². The Morgan fingerprint density at radius 2 is 2.05 bits per heavy atom. The average molecular weight is 294 g/mol. The van der Waals surface area contributed by atoms with Crippen molar-refractivity contribution in [2.24, 2.45) is 13.0 Å². The van der Waals surface area contributed by atoms with E-state index in [1.54, 1.807) is 0 Å². The van der Waals surface area contributed by atoms with Gasteiger partial charge in [-0.2, -0.15) is 5.10 Å². The van der Waals surface area contributed by atoms with Crippen LogP contribution in [0.5, 0.6) is 0 Å². The molecule has 1 aromatic rings. The number of carbonyl (C=O) groups excluding carboxylic acids is 1. The van der Waals surface area contributed by atoms with Crippen molar-refractivity contribution in [3.63, 3.8) is 0 Å². The SMILES string of the molecule is CC(C)CNC(=O)CCNCc1cn(C)nc1C(C)(C)C. The van der Waals surface area contributed by atoms with Crippen LogP contribution in [0.1, 0.15) is 52.3 Å². The van der Waals surface area contributed by atoms with E-state index < -0.39 is 0 Å². The van der Waals surface area contributed by atoms with Crippen LogP contribution in [0.25, 0.3) is 0 Å². The second-order valence-corrected chi connectivity index (χ2v) is 7.05. The highest BCUT2D eigenvalue weighted by Crippen LogP contribution is 2.23. The highest BCUT2D eigenvalue weighted by atomic mass is 16.1. The van der Waals surface area contributed by atoms with Crippen LogP contribution in [-0.4, -0.2) is 28.8 Å². The van der Waals surface area contributed by atoms with Gasteiger partial charge in [-0.1, -0.05) is 34.6 Å². The van der Waals surface area contributed by atoms with Gasteiger partial charge in [-0.15, -0.1) is 0 Å². The Hall–Kier alpha value is -1.36. The van der Waals surface area contributed by atoms with E-state index in [1.807, 2.05) is 17.9 Å². The zero-order valence-corrected chi connectivity index (χ0v) is 14.3. The summed E-state index contributed by atoms with van der Waals surface area (Å²) in [5.41, 5.74) is 2.35. The Morgan fingerprint density at radius 3 is 2.62 bits per heavy atom. The Morgan fingerprint density at radius 1 is 1.38 bits per heavy atom. The Kier molecular flexibility index (Phi) is 6.40. The molecule has 0 bridgehead atoms. The van der Waals surface area contributed by atoms with Crippen LogP contribution in [0, 0.1) is 5.92 Å². The first-order valence-electron chi connectivity index (χ1n) is 7.70. The van der Waals surface area contributed by atoms with E-state index >= 15 is 0 Å². The first-order chi connectivity index (χ1) is 9.70. The zero-order chi connectivity index (χ0) is 16.0. The number of rotatable bonds is 7. The van der Waals surface area contributed by atoms with Gasteiger partial charge in [0.2, 0.25) is 5.91 Å². The van der Waals surface area contributed by atoms with Crippen molar-refractivity contribution in [3.8, 4) is 0 Å². The van der Waals surface area contributed by atoms with Crippen molar-refractivity contribution >= 4 is 5.91 Å². The van der Waals surface area contributed by atoms with Crippen LogP contribution in [0.15, 0.2) is 6.20 Å².